The molecule has 0 aliphatic heterocycles. The molecule has 0 spiro atoms. The number of hydrogen-bond acceptors (Lipinski definition) is 3. The van der Waals surface area contributed by atoms with Crippen LogP contribution in [0.25, 0.3) is 0 Å². The van der Waals surface area contributed by atoms with E-state index in [0.717, 1.165) is 17.5 Å². The zero-order valence-corrected chi connectivity index (χ0v) is 10.6. The van der Waals surface area contributed by atoms with Crippen molar-refractivity contribution in [2.24, 2.45) is 11.8 Å². The van der Waals surface area contributed by atoms with Crippen molar-refractivity contribution < 1.29 is 14.3 Å². The van der Waals surface area contributed by atoms with Crippen molar-refractivity contribution in [3.05, 3.63) is 34.9 Å². The molecule has 3 atom stereocenters. The molecular weight excluding hydrogens is 228 g/mol. The molecule has 3 rings (SSSR count). The third-order valence-corrected chi connectivity index (χ3v) is 4.12. The molecule has 0 N–H and O–H groups in total. The molecule has 3 heteroatoms. The summed E-state index contributed by atoms with van der Waals surface area (Å²) in [5.74, 6) is 0.713. The van der Waals surface area contributed by atoms with Crippen molar-refractivity contribution in [1.29, 1.82) is 0 Å². The monoisotopic (exact) mass is 244 g/mol. The van der Waals surface area contributed by atoms with Gasteiger partial charge in [0.25, 0.3) is 0 Å². The fourth-order valence-electron chi connectivity index (χ4n) is 3.32. The quantitative estimate of drug-likeness (QED) is 0.605. The maximum Gasteiger partial charge on any atom is 0.309 e. The Labute approximate surface area is 106 Å². The van der Waals surface area contributed by atoms with Gasteiger partial charge in [0.1, 0.15) is 0 Å². The zero-order valence-electron chi connectivity index (χ0n) is 10.6. The van der Waals surface area contributed by atoms with Gasteiger partial charge in [-0.3, -0.25) is 9.59 Å². The van der Waals surface area contributed by atoms with Crippen molar-refractivity contribution in [1.82, 2.24) is 0 Å². The molecule has 0 amide bonds. The molecular formula is C15H16O3. The van der Waals surface area contributed by atoms with Crippen LogP contribution in [0.2, 0.25) is 0 Å². The average Bonchev–Trinajstić information content (AvgIpc) is 2.92. The predicted octanol–water partition coefficient (Wildman–Crippen LogP) is 2.34. The Morgan fingerprint density at radius 2 is 2.17 bits per heavy atom. The van der Waals surface area contributed by atoms with E-state index >= 15 is 0 Å². The van der Waals surface area contributed by atoms with E-state index < -0.39 is 0 Å². The summed E-state index contributed by atoms with van der Waals surface area (Å²) in [6.07, 6.45) is 0.846. The highest BCUT2D eigenvalue weighted by molar-refractivity contribution is 5.96. The van der Waals surface area contributed by atoms with Crippen molar-refractivity contribution >= 4 is 11.8 Å². The molecule has 2 aliphatic carbocycles. The summed E-state index contributed by atoms with van der Waals surface area (Å²) < 4.78 is 5.09. The van der Waals surface area contributed by atoms with Crippen LogP contribution in [0, 0.1) is 11.8 Å². The van der Waals surface area contributed by atoms with E-state index in [1.165, 1.54) is 5.56 Å². The van der Waals surface area contributed by atoms with E-state index in [1.807, 2.05) is 25.1 Å². The van der Waals surface area contributed by atoms with Crippen LogP contribution < -0.4 is 0 Å². The van der Waals surface area contributed by atoms with Crippen LogP contribution in [-0.2, 0) is 16.0 Å². The molecule has 1 saturated carbocycles. The number of carbonyl (C=O) groups excluding carboxylic acids is 2. The van der Waals surface area contributed by atoms with Gasteiger partial charge in [0.05, 0.1) is 12.5 Å². The molecule has 3 unspecified atom stereocenters. The van der Waals surface area contributed by atoms with Crippen molar-refractivity contribution in [2.75, 3.05) is 6.61 Å². The first-order chi connectivity index (χ1) is 8.65. The molecule has 0 bridgehead atoms. The Bertz CT molecular complexity index is 533. The largest absolute Gasteiger partial charge is 0.466 e. The maximum atomic E-state index is 11.8. The summed E-state index contributed by atoms with van der Waals surface area (Å²) in [5, 5.41) is 0. The van der Waals surface area contributed by atoms with Gasteiger partial charge in [-0.25, -0.2) is 0 Å². The second-order valence-corrected chi connectivity index (χ2v) is 5.10. The van der Waals surface area contributed by atoms with Crippen LogP contribution >= 0.6 is 0 Å². The number of ether oxygens (including phenoxy) is 1. The van der Waals surface area contributed by atoms with Crippen LogP contribution in [0.3, 0.4) is 0 Å². The standard InChI is InChI=1S/C15H16O3/c1-3-18-15(17)14-12-7-11-9(8(2)16)5-4-6-10(11)13(12)14/h4-6,12-14H,3,7H2,1-2H3. The van der Waals surface area contributed by atoms with Crippen LogP contribution in [0.1, 0.15) is 41.3 Å². The van der Waals surface area contributed by atoms with E-state index in [1.54, 1.807) is 6.92 Å². The van der Waals surface area contributed by atoms with Gasteiger partial charge in [-0.05, 0) is 37.3 Å². The van der Waals surface area contributed by atoms with Gasteiger partial charge >= 0.3 is 5.97 Å². The summed E-state index contributed by atoms with van der Waals surface area (Å²) in [6.45, 7) is 3.87. The molecule has 0 aromatic heterocycles. The first-order valence-corrected chi connectivity index (χ1v) is 6.44. The van der Waals surface area contributed by atoms with Gasteiger partial charge in [0, 0.05) is 11.5 Å². The normalized spacial score (nSPS) is 27.3. The summed E-state index contributed by atoms with van der Waals surface area (Å²) in [6, 6.07) is 5.84. The number of fused-ring (bicyclic) bond motifs is 3. The van der Waals surface area contributed by atoms with E-state index in [-0.39, 0.29) is 17.7 Å². The smallest absolute Gasteiger partial charge is 0.309 e. The van der Waals surface area contributed by atoms with Gasteiger partial charge in [-0.2, -0.15) is 0 Å². The number of carbonyl (C=O) groups is 2. The summed E-state index contributed by atoms with van der Waals surface area (Å²) in [4.78, 5) is 23.3. The van der Waals surface area contributed by atoms with Crippen molar-refractivity contribution in [2.45, 2.75) is 26.2 Å². The van der Waals surface area contributed by atoms with Gasteiger partial charge in [0.2, 0.25) is 0 Å². The summed E-state index contributed by atoms with van der Waals surface area (Å²) in [5.41, 5.74) is 3.16. The molecule has 2 aliphatic rings. The molecule has 18 heavy (non-hydrogen) atoms. The van der Waals surface area contributed by atoms with Gasteiger partial charge in [-0.1, -0.05) is 18.2 Å². The highest BCUT2D eigenvalue weighted by Gasteiger charge is 2.60. The number of rotatable bonds is 3. The Kier molecular flexibility index (Phi) is 2.51. The fourth-order valence-corrected chi connectivity index (χ4v) is 3.32. The first kappa shape index (κ1) is 11.5. The minimum Gasteiger partial charge on any atom is -0.466 e. The van der Waals surface area contributed by atoms with Crippen LogP contribution in [0.5, 0.6) is 0 Å². The molecule has 0 saturated heterocycles. The average molecular weight is 244 g/mol. The summed E-state index contributed by atoms with van der Waals surface area (Å²) in [7, 11) is 0. The third-order valence-electron chi connectivity index (χ3n) is 4.12. The summed E-state index contributed by atoms with van der Waals surface area (Å²) >= 11 is 0. The lowest BCUT2D eigenvalue weighted by Crippen LogP contribution is -2.12. The van der Waals surface area contributed by atoms with Crippen molar-refractivity contribution in [3.8, 4) is 0 Å². The van der Waals surface area contributed by atoms with Gasteiger partial charge in [-0.15, -0.1) is 0 Å². The lowest BCUT2D eigenvalue weighted by Gasteiger charge is -2.10. The fraction of sp³-hybridized carbons (Fsp3) is 0.467. The number of esters is 1. The van der Waals surface area contributed by atoms with Crippen LogP contribution in [-0.4, -0.2) is 18.4 Å². The number of benzene rings is 1. The number of Topliss-reactive ketones (excluding diaryl/α,β-unsaturated/α-hetero) is 1. The molecule has 0 radical (unpaired) electrons. The highest BCUT2D eigenvalue weighted by atomic mass is 16.5. The number of hydrogen-bond donors (Lipinski definition) is 0. The molecule has 94 valence electrons. The Morgan fingerprint density at radius 3 is 2.83 bits per heavy atom. The van der Waals surface area contributed by atoms with E-state index in [9.17, 15) is 9.59 Å². The van der Waals surface area contributed by atoms with Crippen LogP contribution in [0.4, 0.5) is 0 Å². The lowest BCUT2D eigenvalue weighted by atomic mass is 9.95. The van der Waals surface area contributed by atoms with E-state index in [0.29, 0.717) is 18.4 Å². The highest BCUT2D eigenvalue weighted by Crippen LogP contribution is 2.62. The topological polar surface area (TPSA) is 43.4 Å². The van der Waals surface area contributed by atoms with E-state index in [4.69, 9.17) is 4.74 Å². The second kappa shape index (κ2) is 3.94. The Morgan fingerprint density at radius 1 is 1.39 bits per heavy atom. The Hall–Kier alpha value is -1.64. The molecule has 0 heterocycles. The van der Waals surface area contributed by atoms with Crippen LogP contribution in [0.15, 0.2) is 18.2 Å². The SMILES string of the molecule is CCOC(=O)C1C2Cc3c(C(C)=O)cccc3C21. The minimum absolute atomic E-state index is 0.0275. The predicted molar refractivity (Wildman–Crippen MR) is 66.5 cm³/mol. The molecule has 3 nitrogen and oxygen atoms in total. The van der Waals surface area contributed by atoms with Crippen molar-refractivity contribution in [3.63, 3.8) is 0 Å². The molecule has 1 aromatic rings. The zero-order chi connectivity index (χ0) is 12.9. The second-order valence-electron chi connectivity index (χ2n) is 5.10. The van der Waals surface area contributed by atoms with Gasteiger partial charge < -0.3 is 4.74 Å². The van der Waals surface area contributed by atoms with E-state index in [2.05, 4.69) is 0 Å². The first-order valence-electron chi connectivity index (χ1n) is 6.44. The number of ketones is 1. The molecule has 1 aromatic carbocycles. The third kappa shape index (κ3) is 1.50. The lowest BCUT2D eigenvalue weighted by molar-refractivity contribution is -0.145. The minimum atomic E-state index is -0.0774. The maximum absolute atomic E-state index is 11.8. The Balaban J connectivity index is 1.89. The van der Waals surface area contributed by atoms with Gasteiger partial charge in [0.15, 0.2) is 5.78 Å². The molecule has 1 fully saturated rings.